The van der Waals surface area contributed by atoms with Crippen molar-refractivity contribution >= 4 is 0 Å². The Morgan fingerprint density at radius 3 is 2.65 bits per heavy atom. The molecule has 0 aliphatic rings. The van der Waals surface area contributed by atoms with E-state index < -0.39 is 0 Å². The van der Waals surface area contributed by atoms with Gasteiger partial charge in [0.2, 0.25) is 0 Å². The zero-order chi connectivity index (χ0) is 12.8. The summed E-state index contributed by atoms with van der Waals surface area (Å²) < 4.78 is 10.6. The summed E-state index contributed by atoms with van der Waals surface area (Å²) in [5, 5.41) is 9.38. The molecule has 1 atom stereocenters. The molecule has 0 fully saturated rings. The number of aromatic nitrogens is 1. The van der Waals surface area contributed by atoms with E-state index in [1.165, 1.54) is 0 Å². The summed E-state index contributed by atoms with van der Waals surface area (Å²) in [5.74, 6) is 0.806. The second-order valence-electron chi connectivity index (χ2n) is 4.20. The Labute approximate surface area is 103 Å². The molecule has 1 aromatic rings. The monoisotopic (exact) mass is 239 g/mol. The van der Waals surface area contributed by atoms with Crippen LogP contribution in [-0.4, -0.2) is 30.4 Å². The highest BCUT2D eigenvalue weighted by molar-refractivity contribution is 5.41. The van der Waals surface area contributed by atoms with E-state index in [-0.39, 0.29) is 6.10 Å². The summed E-state index contributed by atoms with van der Waals surface area (Å²) in [4.78, 5) is 4.29. The predicted octanol–water partition coefficient (Wildman–Crippen LogP) is 1.86. The minimum Gasteiger partial charge on any atom is -0.495 e. The molecule has 4 heteroatoms. The summed E-state index contributed by atoms with van der Waals surface area (Å²) in [6.45, 7) is 4.22. The van der Waals surface area contributed by atoms with Gasteiger partial charge < -0.3 is 14.6 Å². The summed E-state index contributed by atoms with van der Waals surface area (Å²) in [6, 6.07) is 0. The number of aliphatic hydroxyl groups excluding tert-OH is 1. The van der Waals surface area contributed by atoms with Crippen molar-refractivity contribution in [1.82, 2.24) is 4.98 Å². The molecule has 1 aromatic heterocycles. The average molecular weight is 239 g/mol. The molecule has 0 saturated carbocycles. The standard InChI is InChI=1S/C13H21NO3/c1-9(15)5-6-12-11(8-16-3)7-14-10(2)13(12)17-4/h7,9,15H,5-6,8H2,1-4H3/t9-/m0/s1. The molecule has 4 nitrogen and oxygen atoms in total. The Morgan fingerprint density at radius 1 is 1.41 bits per heavy atom. The summed E-state index contributed by atoms with van der Waals surface area (Å²) >= 11 is 0. The molecular formula is C13H21NO3. The van der Waals surface area contributed by atoms with Gasteiger partial charge in [0.15, 0.2) is 0 Å². The van der Waals surface area contributed by atoms with Crippen molar-refractivity contribution < 1.29 is 14.6 Å². The molecule has 0 radical (unpaired) electrons. The van der Waals surface area contributed by atoms with Crippen molar-refractivity contribution in [3.05, 3.63) is 23.0 Å². The fraction of sp³-hybridized carbons (Fsp3) is 0.615. The highest BCUT2D eigenvalue weighted by Crippen LogP contribution is 2.27. The molecule has 0 aromatic carbocycles. The van der Waals surface area contributed by atoms with Crippen LogP contribution < -0.4 is 4.74 Å². The van der Waals surface area contributed by atoms with Crippen molar-refractivity contribution in [2.45, 2.75) is 39.4 Å². The van der Waals surface area contributed by atoms with Crippen LogP contribution in [0.3, 0.4) is 0 Å². The lowest BCUT2D eigenvalue weighted by atomic mass is 10.0. The van der Waals surface area contributed by atoms with Crippen molar-refractivity contribution in [3.63, 3.8) is 0 Å². The third-order valence-electron chi connectivity index (χ3n) is 2.72. The van der Waals surface area contributed by atoms with Crippen LogP contribution in [0.15, 0.2) is 6.20 Å². The fourth-order valence-corrected chi connectivity index (χ4v) is 1.85. The van der Waals surface area contributed by atoms with Gasteiger partial charge in [-0.25, -0.2) is 0 Å². The van der Waals surface area contributed by atoms with Gasteiger partial charge in [-0.05, 0) is 26.7 Å². The van der Waals surface area contributed by atoms with Crippen LogP contribution in [0.2, 0.25) is 0 Å². The zero-order valence-electron chi connectivity index (χ0n) is 11.0. The summed E-state index contributed by atoms with van der Waals surface area (Å²) in [7, 11) is 3.30. The van der Waals surface area contributed by atoms with Gasteiger partial charge in [0.1, 0.15) is 5.75 Å². The Balaban J connectivity index is 3.05. The number of hydrogen-bond acceptors (Lipinski definition) is 4. The van der Waals surface area contributed by atoms with E-state index in [0.29, 0.717) is 13.0 Å². The number of nitrogens with zero attached hydrogens (tertiary/aromatic N) is 1. The van der Waals surface area contributed by atoms with Crippen LogP contribution in [0.4, 0.5) is 0 Å². The molecule has 1 heterocycles. The minimum atomic E-state index is -0.316. The van der Waals surface area contributed by atoms with Crippen LogP contribution in [0.25, 0.3) is 0 Å². The average Bonchev–Trinajstić information content (AvgIpc) is 2.29. The molecule has 0 unspecified atom stereocenters. The van der Waals surface area contributed by atoms with E-state index in [1.54, 1.807) is 21.1 Å². The topological polar surface area (TPSA) is 51.6 Å². The Morgan fingerprint density at radius 2 is 2.12 bits per heavy atom. The SMILES string of the molecule is COCc1cnc(C)c(OC)c1CC[C@H](C)O. The van der Waals surface area contributed by atoms with Crippen LogP contribution in [0.5, 0.6) is 5.75 Å². The molecule has 0 aliphatic heterocycles. The first-order valence-corrected chi connectivity index (χ1v) is 5.78. The molecule has 1 N–H and O–H groups in total. The first-order valence-electron chi connectivity index (χ1n) is 5.78. The highest BCUT2D eigenvalue weighted by Gasteiger charge is 2.13. The third-order valence-corrected chi connectivity index (χ3v) is 2.72. The van der Waals surface area contributed by atoms with Crippen LogP contribution in [0, 0.1) is 6.92 Å². The van der Waals surface area contributed by atoms with Gasteiger partial charge in [0.25, 0.3) is 0 Å². The van der Waals surface area contributed by atoms with E-state index in [9.17, 15) is 5.11 Å². The van der Waals surface area contributed by atoms with Crippen LogP contribution in [-0.2, 0) is 17.8 Å². The molecule has 96 valence electrons. The van der Waals surface area contributed by atoms with Gasteiger partial charge in [-0.15, -0.1) is 0 Å². The maximum Gasteiger partial charge on any atom is 0.143 e. The summed E-state index contributed by atoms with van der Waals surface area (Å²) in [6.07, 6.45) is 2.97. The van der Waals surface area contributed by atoms with E-state index in [4.69, 9.17) is 9.47 Å². The lowest BCUT2D eigenvalue weighted by Crippen LogP contribution is -2.07. The lowest BCUT2D eigenvalue weighted by Gasteiger charge is -2.15. The molecule has 17 heavy (non-hydrogen) atoms. The minimum absolute atomic E-state index is 0.316. The highest BCUT2D eigenvalue weighted by atomic mass is 16.5. The molecule has 0 spiro atoms. The van der Waals surface area contributed by atoms with Gasteiger partial charge >= 0.3 is 0 Å². The van der Waals surface area contributed by atoms with E-state index >= 15 is 0 Å². The molecule has 1 rings (SSSR count). The Hall–Kier alpha value is -1.13. The molecule has 0 aliphatic carbocycles. The Kier molecular flexibility index (Phi) is 5.38. The van der Waals surface area contributed by atoms with Gasteiger partial charge in [0.05, 0.1) is 25.5 Å². The number of hydrogen-bond donors (Lipinski definition) is 1. The number of rotatable bonds is 6. The van der Waals surface area contributed by atoms with Gasteiger partial charge in [-0.3, -0.25) is 4.98 Å². The first-order chi connectivity index (χ1) is 8.10. The van der Waals surface area contributed by atoms with Crippen molar-refractivity contribution in [2.75, 3.05) is 14.2 Å². The van der Waals surface area contributed by atoms with E-state index in [2.05, 4.69) is 4.98 Å². The number of pyridine rings is 1. The van der Waals surface area contributed by atoms with Crippen molar-refractivity contribution in [2.24, 2.45) is 0 Å². The second-order valence-corrected chi connectivity index (χ2v) is 4.20. The largest absolute Gasteiger partial charge is 0.495 e. The molecular weight excluding hydrogens is 218 g/mol. The van der Waals surface area contributed by atoms with Gasteiger partial charge in [-0.2, -0.15) is 0 Å². The Bertz CT molecular complexity index is 364. The molecule has 0 amide bonds. The maximum absolute atomic E-state index is 9.38. The van der Waals surface area contributed by atoms with Crippen molar-refractivity contribution in [3.8, 4) is 5.75 Å². The van der Waals surface area contributed by atoms with Crippen LogP contribution >= 0.6 is 0 Å². The summed E-state index contributed by atoms with van der Waals surface area (Å²) in [5.41, 5.74) is 2.98. The zero-order valence-corrected chi connectivity index (χ0v) is 11.0. The lowest BCUT2D eigenvalue weighted by molar-refractivity contribution is 0.178. The number of ether oxygens (including phenoxy) is 2. The number of aryl methyl sites for hydroxylation is 1. The number of aliphatic hydroxyl groups is 1. The van der Waals surface area contributed by atoms with E-state index in [0.717, 1.165) is 29.0 Å². The van der Waals surface area contributed by atoms with Gasteiger partial charge in [-0.1, -0.05) is 0 Å². The molecule has 0 bridgehead atoms. The van der Waals surface area contributed by atoms with Gasteiger partial charge in [0, 0.05) is 24.4 Å². The normalized spacial score (nSPS) is 12.5. The van der Waals surface area contributed by atoms with E-state index in [1.807, 2.05) is 13.1 Å². The second kappa shape index (κ2) is 6.57. The number of methoxy groups -OCH3 is 2. The van der Waals surface area contributed by atoms with Crippen LogP contribution in [0.1, 0.15) is 30.2 Å². The maximum atomic E-state index is 9.38. The third kappa shape index (κ3) is 3.68. The quantitative estimate of drug-likeness (QED) is 0.823. The predicted molar refractivity (Wildman–Crippen MR) is 66.2 cm³/mol. The molecule has 0 saturated heterocycles. The van der Waals surface area contributed by atoms with Crippen molar-refractivity contribution in [1.29, 1.82) is 0 Å². The first kappa shape index (κ1) is 13.9. The smallest absolute Gasteiger partial charge is 0.143 e. The fourth-order valence-electron chi connectivity index (χ4n) is 1.85.